The highest BCUT2D eigenvalue weighted by atomic mass is 15.4. The summed E-state index contributed by atoms with van der Waals surface area (Å²) in [6.45, 7) is 0. The van der Waals surface area contributed by atoms with E-state index < -0.39 is 0 Å². The Hall–Kier alpha value is -1.79. The molecule has 74 valence electrons. The van der Waals surface area contributed by atoms with Crippen LogP contribution in [0.15, 0.2) is 42.5 Å². The highest BCUT2D eigenvalue weighted by Crippen LogP contribution is 2.33. The van der Waals surface area contributed by atoms with Crippen LogP contribution in [0, 0.1) is 11.5 Å². The minimum absolute atomic E-state index is 0.213. The third-order valence-corrected chi connectivity index (χ3v) is 2.98. The van der Waals surface area contributed by atoms with Gasteiger partial charge in [-0.15, -0.1) is 0 Å². The molecule has 0 amide bonds. The largest absolute Gasteiger partial charge is 0.284 e. The third kappa shape index (κ3) is 1.31. The molecule has 0 aromatic heterocycles. The maximum absolute atomic E-state index is 8.80. The van der Waals surface area contributed by atoms with E-state index in [1.807, 2.05) is 18.2 Å². The molecule has 1 aromatic carbocycles. The Morgan fingerprint density at radius 2 is 2.00 bits per heavy atom. The van der Waals surface area contributed by atoms with E-state index >= 15 is 0 Å². The van der Waals surface area contributed by atoms with Crippen molar-refractivity contribution in [1.82, 2.24) is 10.2 Å². The molecule has 3 heteroatoms. The van der Waals surface area contributed by atoms with Crippen LogP contribution in [0.1, 0.15) is 11.6 Å². The van der Waals surface area contributed by atoms with Crippen LogP contribution in [-0.2, 0) is 0 Å². The quantitative estimate of drug-likeness (QED) is 0.420. The van der Waals surface area contributed by atoms with Gasteiger partial charge >= 0.3 is 0 Å². The highest BCUT2D eigenvalue weighted by Gasteiger charge is 2.48. The lowest BCUT2D eigenvalue weighted by molar-refractivity contribution is 0.537. The molecule has 0 spiro atoms. The molecule has 1 N–H and O–H groups in total. The first kappa shape index (κ1) is 8.51. The van der Waals surface area contributed by atoms with Crippen molar-refractivity contribution in [1.29, 1.82) is 5.26 Å². The van der Waals surface area contributed by atoms with Gasteiger partial charge < -0.3 is 0 Å². The van der Waals surface area contributed by atoms with Gasteiger partial charge in [-0.2, -0.15) is 5.26 Å². The summed E-state index contributed by atoms with van der Waals surface area (Å²) in [4.78, 5) is 1.76. The van der Waals surface area contributed by atoms with Gasteiger partial charge in [0, 0.05) is 0 Å². The molecule has 0 bridgehead atoms. The first-order valence-corrected chi connectivity index (χ1v) is 5.07. The zero-order chi connectivity index (χ0) is 10.3. The molecule has 3 atom stereocenters. The van der Waals surface area contributed by atoms with E-state index in [4.69, 9.17) is 5.26 Å². The van der Waals surface area contributed by atoms with Gasteiger partial charge in [0.05, 0.1) is 12.1 Å². The zero-order valence-corrected chi connectivity index (χ0v) is 8.17. The lowest BCUT2D eigenvalue weighted by Crippen LogP contribution is -2.27. The fourth-order valence-electron chi connectivity index (χ4n) is 2.09. The summed E-state index contributed by atoms with van der Waals surface area (Å²) in [7, 11) is 0. The number of nitrogens with one attached hydrogen (secondary N) is 1. The molecule has 0 unspecified atom stereocenters. The SMILES string of the molecule is N#CN1[C@@H]2N[C@@H](c3ccccc3)C=C[C@@H]21. The van der Waals surface area contributed by atoms with E-state index in [-0.39, 0.29) is 18.2 Å². The smallest absolute Gasteiger partial charge is 0.181 e. The van der Waals surface area contributed by atoms with Crippen LogP contribution < -0.4 is 5.32 Å². The Morgan fingerprint density at radius 1 is 1.20 bits per heavy atom. The summed E-state index contributed by atoms with van der Waals surface area (Å²) in [5, 5.41) is 12.2. The Balaban J connectivity index is 1.80. The first-order chi connectivity index (χ1) is 7.40. The molecule has 0 radical (unpaired) electrons. The molecule has 15 heavy (non-hydrogen) atoms. The van der Waals surface area contributed by atoms with Crippen LogP contribution >= 0.6 is 0 Å². The number of rotatable bonds is 1. The molecule has 1 aromatic rings. The second kappa shape index (κ2) is 3.11. The van der Waals surface area contributed by atoms with E-state index in [2.05, 4.69) is 35.8 Å². The molecular formula is C12H11N3. The average Bonchev–Trinajstić information content (AvgIpc) is 3.02. The standard InChI is InChI=1S/C12H11N3/c13-8-15-11-7-6-10(14-12(11)15)9-4-2-1-3-5-9/h1-7,10-12,14H/t10-,11+,12+,15?/m1/s1. The predicted octanol–water partition coefficient (Wildman–Crippen LogP) is 1.38. The Morgan fingerprint density at radius 3 is 2.73 bits per heavy atom. The molecule has 1 fully saturated rings. The van der Waals surface area contributed by atoms with Gasteiger partial charge in [-0.25, -0.2) is 0 Å². The second-order valence-electron chi connectivity index (χ2n) is 3.88. The summed E-state index contributed by atoms with van der Waals surface area (Å²) in [6, 6.07) is 10.8. The van der Waals surface area contributed by atoms with Crippen LogP contribution in [0.5, 0.6) is 0 Å². The van der Waals surface area contributed by atoms with Crippen molar-refractivity contribution in [3.8, 4) is 6.19 Å². The molecule has 2 aliphatic rings. The Bertz CT molecular complexity index is 432. The molecule has 2 aliphatic heterocycles. The number of hydrogen-bond acceptors (Lipinski definition) is 3. The number of hydrogen-bond donors (Lipinski definition) is 1. The van der Waals surface area contributed by atoms with Gasteiger partial charge in [0.25, 0.3) is 0 Å². The lowest BCUT2D eigenvalue weighted by atomic mass is 10.0. The topological polar surface area (TPSA) is 38.8 Å². The van der Waals surface area contributed by atoms with E-state index in [9.17, 15) is 0 Å². The number of nitrogens with zero attached hydrogens (tertiary/aromatic N) is 2. The van der Waals surface area contributed by atoms with Crippen LogP contribution in [-0.4, -0.2) is 17.1 Å². The average molecular weight is 197 g/mol. The maximum Gasteiger partial charge on any atom is 0.181 e. The van der Waals surface area contributed by atoms with Crippen LogP contribution in [0.25, 0.3) is 0 Å². The normalized spacial score (nSPS) is 31.9. The van der Waals surface area contributed by atoms with E-state index in [0.717, 1.165) is 0 Å². The van der Waals surface area contributed by atoms with Crippen molar-refractivity contribution in [3.05, 3.63) is 48.0 Å². The summed E-state index contributed by atoms with van der Waals surface area (Å²) in [6.07, 6.45) is 6.63. The highest BCUT2D eigenvalue weighted by molar-refractivity contribution is 5.30. The van der Waals surface area contributed by atoms with Crippen molar-refractivity contribution in [3.63, 3.8) is 0 Å². The minimum Gasteiger partial charge on any atom is -0.284 e. The molecule has 0 aliphatic carbocycles. The fourth-order valence-corrected chi connectivity index (χ4v) is 2.09. The lowest BCUT2D eigenvalue weighted by Gasteiger charge is -2.16. The maximum atomic E-state index is 8.80. The van der Waals surface area contributed by atoms with Crippen molar-refractivity contribution >= 4 is 0 Å². The first-order valence-electron chi connectivity index (χ1n) is 5.07. The Labute approximate surface area is 88.6 Å². The van der Waals surface area contributed by atoms with Crippen LogP contribution in [0.4, 0.5) is 0 Å². The van der Waals surface area contributed by atoms with Gasteiger partial charge in [0.15, 0.2) is 6.19 Å². The van der Waals surface area contributed by atoms with Crippen molar-refractivity contribution in [2.45, 2.75) is 18.2 Å². The zero-order valence-electron chi connectivity index (χ0n) is 8.17. The minimum atomic E-state index is 0.213. The summed E-state index contributed by atoms with van der Waals surface area (Å²) < 4.78 is 0. The van der Waals surface area contributed by atoms with Crippen molar-refractivity contribution in [2.75, 3.05) is 0 Å². The van der Waals surface area contributed by atoms with Crippen LogP contribution in [0.2, 0.25) is 0 Å². The van der Waals surface area contributed by atoms with Gasteiger partial charge in [0.1, 0.15) is 6.17 Å². The van der Waals surface area contributed by atoms with E-state index in [1.165, 1.54) is 5.56 Å². The molecule has 2 heterocycles. The summed E-state index contributed by atoms with van der Waals surface area (Å²) in [5.74, 6) is 0. The van der Waals surface area contributed by atoms with E-state index in [1.54, 1.807) is 4.90 Å². The molecule has 0 saturated carbocycles. The van der Waals surface area contributed by atoms with Crippen molar-refractivity contribution in [2.24, 2.45) is 0 Å². The monoisotopic (exact) mass is 197 g/mol. The van der Waals surface area contributed by atoms with Gasteiger partial charge in [0.2, 0.25) is 0 Å². The van der Waals surface area contributed by atoms with Crippen LogP contribution in [0.3, 0.4) is 0 Å². The number of fused-ring (bicyclic) bond motifs is 1. The molecule has 1 saturated heterocycles. The molecule has 3 rings (SSSR count). The number of nitriles is 1. The van der Waals surface area contributed by atoms with E-state index in [0.29, 0.717) is 0 Å². The molecule has 3 nitrogen and oxygen atoms in total. The van der Waals surface area contributed by atoms with Gasteiger partial charge in [-0.3, -0.25) is 10.2 Å². The van der Waals surface area contributed by atoms with Crippen molar-refractivity contribution < 1.29 is 0 Å². The van der Waals surface area contributed by atoms with Gasteiger partial charge in [-0.05, 0) is 5.56 Å². The summed E-state index contributed by atoms with van der Waals surface area (Å²) in [5.41, 5.74) is 1.25. The predicted molar refractivity (Wildman–Crippen MR) is 56.5 cm³/mol. The summed E-state index contributed by atoms with van der Waals surface area (Å²) >= 11 is 0. The molecular weight excluding hydrogens is 186 g/mol. The third-order valence-electron chi connectivity index (χ3n) is 2.98. The second-order valence-corrected chi connectivity index (χ2v) is 3.88. The number of benzene rings is 1. The van der Waals surface area contributed by atoms with Gasteiger partial charge in [-0.1, -0.05) is 42.5 Å². The Kier molecular flexibility index (Phi) is 1.77. The fraction of sp³-hybridized carbons (Fsp3) is 0.250.